The summed E-state index contributed by atoms with van der Waals surface area (Å²) in [4.78, 5) is 47.0. The molecule has 2 aliphatic heterocycles. The van der Waals surface area contributed by atoms with E-state index in [9.17, 15) is 14.4 Å². The summed E-state index contributed by atoms with van der Waals surface area (Å²) in [6.07, 6.45) is 3.56. The zero-order valence-corrected chi connectivity index (χ0v) is 18.1. The largest absolute Gasteiger partial charge is 0.338 e. The molecular formula is C22H26N4O3S. The number of urea groups is 1. The van der Waals surface area contributed by atoms with Crippen LogP contribution in [0.2, 0.25) is 0 Å². The Bertz CT molecular complexity index is 952. The SMILES string of the molecule is CC[C@@]1(C2CCN(C(=O)c3sccc3C)CC2)NC(=O)N(Cc2ccccn2)C1=O. The van der Waals surface area contributed by atoms with Crippen molar-refractivity contribution in [3.05, 3.63) is 52.0 Å². The third kappa shape index (κ3) is 3.49. The molecule has 0 spiro atoms. The van der Waals surface area contributed by atoms with Crippen LogP contribution in [0.5, 0.6) is 0 Å². The topological polar surface area (TPSA) is 82.6 Å². The molecule has 2 aliphatic rings. The molecule has 30 heavy (non-hydrogen) atoms. The standard InChI is InChI=1S/C22H26N4O3S/c1-3-22(20(28)26(21(29)24-22)14-17-6-4-5-10-23-17)16-7-11-25(12-8-16)19(27)18-15(2)9-13-30-18/h4-6,9-10,13,16H,3,7-8,11-12,14H2,1-2H3,(H,24,29)/t22-/m0/s1. The highest BCUT2D eigenvalue weighted by Gasteiger charge is 2.55. The van der Waals surface area contributed by atoms with Crippen molar-refractivity contribution in [2.24, 2.45) is 5.92 Å². The zero-order chi connectivity index (χ0) is 21.3. The third-order valence-corrected chi connectivity index (χ3v) is 7.35. The number of hydrogen-bond donors (Lipinski definition) is 1. The molecule has 4 amide bonds. The molecule has 0 bridgehead atoms. The molecular weight excluding hydrogens is 400 g/mol. The minimum absolute atomic E-state index is 0.00108. The van der Waals surface area contributed by atoms with E-state index < -0.39 is 5.54 Å². The van der Waals surface area contributed by atoms with E-state index >= 15 is 0 Å². The van der Waals surface area contributed by atoms with Gasteiger partial charge in [0.2, 0.25) is 0 Å². The van der Waals surface area contributed by atoms with Crippen molar-refractivity contribution >= 4 is 29.2 Å². The van der Waals surface area contributed by atoms with E-state index in [4.69, 9.17) is 0 Å². The van der Waals surface area contributed by atoms with E-state index in [2.05, 4.69) is 10.3 Å². The molecule has 2 aromatic rings. The molecule has 2 aromatic heterocycles. The lowest BCUT2D eigenvalue weighted by molar-refractivity contribution is -0.134. The van der Waals surface area contributed by atoms with Gasteiger partial charge in [0, 0.05) is 19.3 Å². The number of piperidine rings is 1. The molecule has 7 nitrogen and oxygen atoms in total. The van der Waals surface area contributed by atoms with E-state index in [0.717, 1.165) is 10.4 Å². The highest BCUT2D eigenvalue weighted by molar-refractivity contribution is 7.12. The number of likely N-dealkylation sites (tertiary alicyclic amines) is 1. The minimum Gasteiger partial charge on any atom is -0.338 e. The van der Waals surface area contributed by atoms with Crippen LogP contribution in [0, 0.1) is 12.8 Å². The average Bonchev–Trinajstić information content (AvgIpc) is 3.30. The number of carbonyl (C=O) groups excluding carboxylic acids is 3. The second kappa shape index (κ2) is 8.18. The smallest absolute Gasteiger partial charge is 0.325 e. The van der Waals surface area contributed by atoms with E-state index in [1.165, 1.54) is 16.2 Å². The highest BCUT2D eigenvalue weighted by Crippen LogP contribution is 2.37. The van der Waals surface area contributed by atoms with Gasteiger partial charge in [-0.15, -0.1) is 11.3 Å². The lowest BCUT2D eigenvalue weighted by atomic mass is 9.75. The fraction of sp³-hybridized carbons (Fsp3) is 0.455. The fourth-order valence-corrected chi connectivity index (χ4v) is 5.45. The van der Waals surface area contributed by atoms with Gasteiger partial charge in [-0.1, -0.05) is 13.0 Å². The van der Waals surface area contributed by atoms with E-state index in [1.807, 2.05) is 42.3 Å². The molecule has 0 aliphatic carbocycles. The Hall–Kier alpha value is -2.74. The maximum absolute atomic E-state index is 13.4. The molecule has 2 fully saturated rings. The van der Waals surface area contributed by atoms with Crippen LogP contribution in [-0.4, -0.2) is 51.3 Å². The van der Waals surface area contributed by atoms with Crippen LogP contribution in [0.25, 0.3) is 0 Å². The van der Waals surface area contributed by atoms with Gasteiger partial charge in [0.25, 0.3) is 11.8 Å². The normalized spacial score (nSPS) is 22.5. The van der Waals surface area contributed by atoms with Crippen molar-refractivity contribution in [3.63, 3.8) is 0 Å². The first-order valence-corrected chi connectivity index (χ1v) is 11.2. The molecule has 0 aromatic carbocycles. The molecule has 8 heteroatoms. The van der Waals surface area contributed by atoms with Gasteiger partial charge in [-0.25, -0.2) is 4.79 Å². The summed E-state index contributed by atoms with van der Waals surface area (Å²) in [5.74, 6) is -0.120. The van der Waals surface area contributed by atoms with Crippen molar-refractivity contribution in [2.75, 3.05) is 13.1 Å². The summed E-state index contributed by atoms with van der Waals surface area (Å²) in [6, 6.07) is 7.05. The first-order valence-electron chi connectivity index (χ1n) is 10.3. The Labute approximate surface area is 180 Å². The Morgan fingerprint density at radius 3 is 2.63 bits per heavy atom. The monoisotopic (exact) mass is 426 g/mol. The average molecular weight is 427 g/mol. The number of hydrogen-bond acceptors (Lipinski definition) is 5. The molecule has 4 heterocycles. The van der Waals surface area contributed by atoms with Crippen molar-refractivity contribution in [1.82, 2.24) is 20.1 Å². The Kier molecular flexibility index (Phi) is 5.60. The molecule has 0 unspecified atom stereocenters. The lowest BCUT2D eigenvalue weighted by Crippen LogP contribution is -2.56. The number of nitrogens with one attached hydrogen (secondary N) is 1. The molecule has 4 rings (SSSR count). The van der Waals surface area contributed by atoms with Crippen LogP contribution in [-0.2, 0) is 11.3 Å². The van der Waals surface area contributed by atoms with Gasteiger partial charge < -0.3 is 10.2 Å². The molecule has 1 N–H and O–H groups in total. The number of rotatable bonds is 5. The molecule has 2 saturated heterocycles. The molecule has 0 radical (unpaired) electrons. The summed E-state index contributed by atoms with van der Waals surface area (Å²) < 4.78 is 0. The van der Waals surface area contributed by atoms with Crippen molar-refractivity contribution < 1.29 is 14.4 Å². The predicted molar refractivity (Wildman–Crippen MR) is 114 cm³/mol. The quantitative estimate of drug-likeness (QED) is 0.745. The van der Waals surface area contributed by atoms with Gasteiger partial charge in [0.05, 0.1) is 17.1 Å². The summed E-state index contributed by atoms with van der Waals surface area (Å²) in [7, 11) is 0. The van der Waals surface area contributed by atoms with Gasteiger partial charge >= 0.3 is 6.03 Å². The number of imide groups is 1. The van der Waals surface area contributed by atoms with Crippen molar-refractivity contribution in [1.29, 1.82) is 0 Å². The highest BCUT2D eigenvalue weighted by atomic mass is 32.1. The second-order valence-corrected chi connectivity index (χ2v) is 8.88. The number of thiophene rings is 1. The Morgan fingerprint density at radius 2 is 2.03 bits per heavy atom. The van der Waals surface area contributed by atoms with Gasteiger partial charge in [-0.05, 0) is 61.2 Å². The van der Waals surface area contributed by atoms with Gasteiger partial charge in [-0.2, -0.15) is 0 Å². The molecule has 1 atom stereocenters. The van der Waals surface area contributed by atoms with E-state index in [1.54, 1.807) is 12.3 Å². The summed E-state index contributed by atoms with van der Waals surface area (Å²) in [5.41, 5.74) is 0.778. The minimum atomic E-state index is -0.903. The first-order chi connectivity index (χ1) is 14.5. The fourth-order valence-electron chi connectivity index (χ4n) is 4.56. The molecule has 0 saturated carbocycles. The Morgan fingerprint density at radius 1 is 1.27 bits per heavy atom. The van der Waals surface area contributed by atoms with Gasteiger partial charge in [-0.3, -0.25) is 19.5 Å². The number of pyridine rings is 1. The summed E-state index contributed by atoms with van der Waals surface area (Å²) >= 11 is 1.47. The maximum atomic E-state index is 13.4. The van der Waals surface area contributed by atoms with Crippen molar-refractivity contribution in [2.45, 2.75) is 45.2 Å². The van der Waals surface area contributed by atoms with Crippen LogP contribution >= 0.6 is 11.3 Å². The summed E-state index contributed by atoms with van der Waals surface area (Å²) in [5, 5.41) is 4.93. The van der Waals surface area contributed by atoms with Crippen molar-refractivity contribution in [3.8, 4) is 0 Å². The number of amides is 4. The number of aromatic nitrogens is 1. The first kappa shape index (κ1) is 20.5. The predicted octanol–water partition coefficient (Wildman–Crippen LogP) is 3.20. The van der Waals surface area contributed by atoms with Crippen LogP contribution in [0.4, 0.5) is 4.79 Å². The van der Waals surface area contributed by atoms with Gasteiger partial charge in [0.1, 0.15) is 5.54 Å². The number of carbonyl (C=O) groups is 3. The summed E-state index contributed by atoms with van der Waals surface area (Å²) in [6.45, 7) is 5.24. The van der Waals surface area contributed by atoms with E-state index in [-0.39, 0.29) is 30.3 Å². The molecule has 158 valence electrons. The second-order valence-electron chi connectivity index (χ2n) is 7.97. The van der Waals surface area contributed by atoms with E-state index in [0.29, 0.717) is 38.0 Å². The van der Waals surface area contributed by atoms with Crippen LogP contribution in [0.3, 0.4) is 0 Å². The van der Waals surface area contributed by atoms with Crippen LogP contribution in [0.1, 0.15) is 47.1 Å². The van der Waals surface area contributed by atoms with Crippen LogP contribution < -0.4 is 5.32 Å². The van der Waals surface area contributed by atoms with Crippen LogP contribution in [0.15, 0.2) is 35.8 Å². The van der Waals surface area contributed by atoms with Gasteiger partial charge in [0.15, 0.2) is 0 Å². The third-order valence-electron chi connectivity index (χ3n) is 6.34. The number of aryl methyl sites for hydroxylation is 1. The zero-order valence-electron chi connectivity index (χ0n) is 17.3. The number of nitrogens with zero attached hydrogens (tertiary/aromatic N) is 3. The Balaban J connectivity index is 1.46. The lowest BCUT2D eigenvalue weighted by Gasteiger charge is -2.40. The maximum Gasteiger partial charge on any atom is 0.325 e.